The van der Waals surface area contributed by atoms with Gasteiger partial charge in [0.05, 0.1) is 24.9 Å². The largest absolute Gasteiger partial charge is 0.384 e. The number of hydrogen-bond acceptors (Lipinski definition) is 6. The molecule has 1 aromatic heterocycles. The predicted molar refractivity (Wildman–Crippen MR) is 116 cm³/mol. The Hall–Kier alpha value is -2.35. The monoisotopic (exact) mass is 422 g/mol. The third-order valence-electron chi connectivity index (χ3n) is 6.88. The number of amides is 1. The van der Waals surface area contributed by atoms with Gasteiger partial charge < -0.3 is 19.7 Å². The van der Waals surface area contributed by atoms with Crippen molar-refractivity contribution in [2.45, 2.75) is 37.3 Å². The number of nitrogens with one attached hydrogen (secondary N) is 1. The van der Waals surface area contributed by atoms with Crippen molar-refractivity contribution in [2.24, 2.45) is 5.92 Å². The summed E-state index contributed by atoms with van der Waals surface area (Å²) in [5.41, 5.74) is 2.78. The van der Waals surface area contributed by atoms with E-state index in [0.717, 1.165) is 49.3 Å². The van der Waals surface area contributed by atoms with E-state index in [9.17, 15) is 4.79 Å². The molecule has 5 rings (SSSR count). The zero-order valence-electron chi connectivity index (χ0n) is 18.0. The van der Waals surface area contributed by atoms with Crippen molar-refractivity contribution in [3.63, 3.8) is 0 Å². The summed E-state index contributed by atoms with van der Waals surface area (Å²) in [6.07, 6.45) is 5.18. The molecule has 2 atom stereocenters. The Kier molecular flexibility index (Phi) is 5.73. The lowest BCUT2D eigenvalue weighted by molar-refractivity contribution is -0.143. The lowest BCUT2D eigenvalue weighted by Crippen LogP contribution is -2.52. The molecule has 7 heteroatoms. The van der Waals surface area contributed by atoms with Crippen LogP contribution in [0.1, 0.15) is 30.5 Å². The maximum absolute atomic E-state index is 13.1. The molecule has 0 bridgehead atoms. The van der Waals surface area contributed by atoms with E-state index in [2.05, 4.69) is 10.3 Å². The number of likely N-dealkylation sites (tertiary alicyclic amines) is 1. The van der Waals surface area contributed by atoms with Gasteiger partial charge in [0.1, 0.15) is 5.60 Å². The van der Waals surface area contributed by atoms with Crippen LogP contribution in [0.3, 0.4) is 0 Å². The highest BCUT2D eigenvalue weighted by molar-refractivity contribution is 5.82. The molecule has 4 heterocycles. The average Bonchev–Trinajstić information content (AvgIpc) is 3.29. The van der Waals surface area contributed by atoms with Gasteiger partial charge in [-0.25, -0.2) is 9.97 Å². The van der Waals surface area contributed by atoms with Crippen LogP contribution in [-0.2, 0) is 26.3 Å². The fraction of sp³-hybridized carbons (Fsp3) is 0.542. The molecule has 2 fully saturated rings. The van der Waals surface area contributed by atoms with Crippen molar-refractivity contribution in [3.8, 4) is 11.4 Å². The van der Waals surface area contributed by atoms with Crippen molar-refractivity contribution < 1.29 is 14.3 Å². The topological polar surface area (TPSA) is 76.6 Å². The minimum absolute atomic E-state index is 0.0965. The molecule has 31 heavy (non-hydrogen) atoms. The normalized spacial score (nSPS) is 24.9. The Labute approximate surface area is 183 Å². The standard InChI is InChI=1S/C24H30N4O3/c1-30-16-17-13-20(25-14-17)23(29)28-10-8-24(9-11-28)21-19(7-12-31-24)15-26-22(27-21)18-5-3-2-4-6-18/h2-6,15,17,20,25H,7-14,16H2,1H3/t17-,20-/m0/s1. The Morgan fingerprint density at radius 3 is 2.87 bits per heavy atom. The van der Waals surface area contributed by atoms with Gasteiger partial charge in [-0.3, -0.25) is 4.79 Å². The molecule has 3 aliphatic rings. The number of carbonyl (C=O) groups is 1. The Morgan fingerprint density at radius 1 is 1.29 bits per heavy atom. The summed E-state index contributed by atoms with van der Waals surface area (Å²) in [7, 11) is 1.72. The fourth-order valence-electron chi connectivity index (χ4n) is 5.18. The number of hydrogen-bond donors (Lipinski definition) is 1. The number of methoxy groups -OCH3 is 1. The number of ether oxygens (including phenoxy) is 2. The lowest BCUT2D eigenvalue weighted by atomic mass is 9.83. The molecule has 7 nitrogen and oxygen atoms in total. The van der Waals surface area contributed by atoms with Crippen LogP contribution in [-0.4, -0.2) is 66.8 Å². The molecule has 1 aromatic carbocycles. The minimum atomic E-state index is -0.418. The Bertz CT molecular complexity index is 928. The van der Waals surface area contributed by atoms with Crippen molar-refractivity contribution >= 4 is 5.91 Å². The molecule has 2 saturated heterocycles. The van der Waals surface area contributed by atoms with Crippen LogP contribution in [0.15, 0.2) is 36.5 Å². The number of benzene rings is 1. The second kappa shape index (κ2) is 8.65. The Morgan fingerprint density at radius 2 is 2.10 bits per heavy atom. The third-order valence-corrected chi connectivity index (χ3v) is 6.88. The highest BCUT2D eigenvalue weighted by Gasteiger charge is 2.44. The summed E-state index contributed by atoms with van der Waals surface area (Å²) >= 11 is 0. The van der Waals surface area contributed by atoms with Gasteiger partial charge >= 0.3 is 0 Å². The first kappa shape index (κ1) is 20.5. The van der Waals surface area contributed by atoms with E-state index in [1.54, 1.807) is 7.11 Å². The molecule has 0 unspecified atom stereocenters. The molecular formula is C24H30N4O3. The summed E-state index contributed by atoms with van der Waals surface area (Å²) in [6.45, 7) is 3.61. The van der Waals surface area contributed by atoms with Gasteiger partial charge in [0, 0.05) is 38.5 Å². The van der Waals surface area contributed by atoms with Gasteiger partial charge in [0.15, 0.2) is 5.82 Å². The molecule has 0 radical (unpaired) electrons. The zero-order valence-corrected chi connectivity index (χ0v) is 18.0. The van der Waals surface area contributed by atoms with Crippen molar-refractivity contribution in [1.29, 1.82) is 0 Å². The smallest absolute Gasteiger partial charge is 0.239 e. The number of aromatic nitrogens is 2. The van der Waals surface area contributed by atoms with Crippen molar-refractivity contribution in [3.05, 3.63) is 47.8 Å². The molecule has 0 saturated carbocycles. The lowest BCUT2D eigenvalue weighted by Gasteiger charge is -2.44. The second-order valence-electron chi connectivity index (χ2n) is 8.87. The quantitative estimate of drug-likeness (QED) is 0.814. The number of rotatable bonds is 4. The molecule has 1 N–H and O–H groups in total. The summed E-state index contributed by atoms with van der Waals surface area (Å²) in [6, 6.07) is 9.97. The van der Waals surface area contributed by atoms with Gasteiger partial charge in [-0.05, 0) is 37.2 Å². The summed E-state index contributed by atoms with van der Waals surface area (Å²) < 4.78 is 11.6. The predicted octanol–water partition coefficient (Wildman–Crippen LogP) is 2.16. The van der Waals surface area contributed by atoms with Crippen molar-refractivity contribution in [1.82, 2.24) is 20.2 Å². The van der Waals surface area contributed by atoms with E-state index in [4.69, 9.17) is 14.5 Å². The number of carbonyl (C=O) groups excluding carboxylic acids is 1. The molecular weight excluding hydrogens is 392 g/mol. The van der Waals surface area contributed by atoms with E-state index in [-0.39, 0.29) is 11.9 Å². The minimum Gasteiger partial charge on any atom is -0.384 e. The molecule has 1 spiro atoms. The van der Waals surface area contributed by atoms with Gasteiger partial charge in [0.2, 0.25) is 5.91 Å². The van der Waals surface area contributed by atoms with Crippen LogP contribution in [0.5, 0.6) is 0 Å². The molecule has 0 aliphatic carbocycles. The van der Waals surface area contributed by atoms with Crippen LogP contribution in [0.4, 0.5) is 0 Å². The van der Waals surface area contributed by atoms with E-state index < -0.39 is 5.60 Å². The molecule has 2 aromatic rings. The Balaban J connectivity index is 1.31. The molecule has 1 amide bonds. The van der Waals surface area contributed by atoms with Crippen molar-refractivity contribution in [2.75, 3.05) is 40.0 Å². The van der Waals surface area contributed by atoms with E-state index in [0.29, 0.717) is 32.2 Å². The SMILES string of the molecule is COC[C@@H]1CN[C@H](C(=O)N2CCC3(CC2)OCCc2cnc(-c4ccccc4)nc23)C1. The maximum Gasteiger partial charge on any atom is 0.239 e. The van der Waals surface area contributed by atoms with Crippen LogP contribution >= 0.6 is 0 Å². The van der Waals surface area contributed by atoms with E-state index >= 15 is 0 Å². The zero-order chi connectivity index (χ0) is 21.3. The summed E-state index contributed by atoms with van der Waals surface area (Å²) in [5, 5.41) is 3.38. The van der Waals surface area contributed by atoms with Crippen LogP contribution in [0.25, 0.3) is 11.4 Å². The average molecular weight is 423 g/mol. The first-order valence-electron chi connectivity index (χ1n) is 11.3. The first-order chi connectivity index (χ1) is 15.2. The van der Waals surface area contributed by atoms with Gasteiger partial charge in [-0.15, -0.1) is 0 Å². The maximum atomic E-state index is 13.1. The number of piperidine rings is 1. The number of nitrogens with zero attached hydrogens (tertiary/aromatic N) is 3. The number of fused-ring (bicyclic) bond motifs is 2. The van der Waals surface area contributed by atoms with Gasteiger partial charge in [0.25, 0.3) is 0 Å². The van der Waals surface area contributed by atoms with Crippen LogP contribution < -0.4 is 5.32 Å². The van der Waals surface area contributed by atoms with E-state index in [1.165, 1.54) is 5.56 Å². The molecule has 164 valence electrons. The molecule has 3 aliphatic heterocycles. The summed E-state index contributed by atoms with van der Waals surface area (Å²) in [4.78, 5) is 24.6. The van der Waals surface area contributed by atoms with Crippen LogP contribution in [0.2, 0.25) is 0 Å². The van der Waals surface area contributed by atoms with Gasteiger partial charge in [-0.1, -0.05) is 30.3 Å². The highest BCUT2D eigenvalue weighted by Crippen LogP contribution is 2.41. The van der Waals surface area contributed by atoms with E-state index in [1.807, 2.05) is 41.4 Å². The van der Waals surface area contributed by atoms with Gasteiger partial charge in [-0.2, -0.15) is 0 Å². The first-order valence-corrected chi connectivity index (χ1v) is 11.3. The summed E-state index contributed by atoms with van der Waals surface area (Å²) in [5.74, 6) is 1.36. The highest BCUT2D eigenvalue weighted by atomic mass is 16.5. The van der Waals surface area contributed by atoms with Crippen LogP contribution in [0, 0.1) is 5.92 Å². The third kappa shape index (κ3) is 3.97. The second-order valence-corrected chi connectivity index (χ2v) is 8.87. The fourth-order valence-corrected chi connectivity index (χ4v) is 5.18.